The minimum Gasteiger partial charge on any atom is -0.465 e. The van der Waals surface area contributed by atoms with Crippen LogP contribution in [0.5, 0.6) is 0 Å². The lowest BCUT2D eigenvalue weighted by atomic mass is 10.1. The number of esters is 1. The van der Waals surface area contributed by atoms with Crippen molar-refractivity contribution in [2.75, 3.05) is 27.2 Å². The molecule has 0 aliphatic heterocycles. The molecule has 1 N–H and O–H groups in total. The number of hydrogen-bond donors (Lipinski definition) is 1. The van der Waals surface area contributed by atoms with E-state index in [0.717, 1.165) is 25.8 Å². The largest absolute Gasteiger partial charge is 0.465 e. The maximum absolute atomic E-state index is 11.7. The van der Waals surface area contributed by atoms with E-state index in [1.807, 2.05) is 6.92 Å². The van der Waals surface area contributed by atoms with E-state index in [0.29, 0.717) is 12.6 Å². The molecule has 0 aliphatic rings. The minimum absolute atomic E-state index is 0.119. The molecule has 2 unspecified atom stereocenters. The van der Waals surface area contributed by atoms with Crippen molar-refractivity contribution in [2.45, 2.75) is 52.1 Å². The quantitative estimate of drug-likeness (QED) is 0.626. The van der Waals surface area contributed by atoms with Gasteiger partial charge in [0.25, 0.3) is 0 Å². The van der Waals surface area contributed by atoms with Gasteiger partial charge in [-0.05, 0) is 47.3 Å². The molecule has 0 saturated heterocycles. The van der Waals surface area contributed by atoms with Gasteiger partial charge in [0.15, 0.2) is 0 Å². The molecule has 2 atom stereocenters. The fourth-order valence-corrected chi connectivity index (χ4v) is 1.68. The molecule has 0 bridgehead atoms. The highest BCUT2D eigenvalue weighted by molar-refractivity contribution is 5.75. The highest BCUT2D eigenvalue weighted by atomic mass is 16.5. The van der Waals surface area contributed by atoms with Crippen molar-refractivity contribution in [3.63, 3.8) is 0 Å². The van der Waals surface area contributed by atoms with Crippen molar-refractivity contribution in [3.05, 3.63) is 0 Å². The Morgan fingerprint density at radius 1 is 1.29 bits per heavy atom. The Hall–Kier alpha value is -0.610. The lowest BCUT2D eigenvalue weighted by molar-refractivity contribution is -0.146. The Bertz CT molecular complexity index is 208. The van der Waals surface area contributed by atoms with Crippen LogP contribution in [0.1, 0.15) is 40.0 Å². The van der Waals surface area contributed by atoms with Crippen LogP contribution in [-0.2, 0) is 9.53 Å². The van der Waals surface area contributed by atoms with Gasteiger partial charge in [0.1, 0.15) is 6.04 Å². The normalized spacial score (nSPS) is 14.7. The molecule has 0 aromatic rings. The zero-order chi connectivity index (χ0) is 13.3. The van der Waals surface area contributed by atoms with E-state index >= 15 is 0 Å². The van der Waals surface area contributed by atoms with Gasteiger partial charge in [0, 0.05) is 6.04 Å². The summed E-state index contributed by atoms with van der Waals surface area (Å²) in [6, 6.07) is 0.176. The molecule has 0 saturated carbocycles. The number of carbonyl (C=O) groups is 1. The summed E-state index contributed by atoms with van der Waals surface area (Å²) in [6.07, 6.45) is 2.86. The van der Waals surface area contributed by atoms with Crippen LogP contribution < -0.4 is 5.32 Å². The van der Waals surface area contributed by atoms with Crippen LogP contribution in [0.2, 0.25) is 0 Å². The van der Waals surface area contributed by atoms with Crippen LogP contribution in [0.4, 0.5) is 0 Å². The van der Waals surface area contributed by atoms with Crippen molar-refractivity contribution in [2.24, 2.45) is 0 Å². The Labute approximate surface area is 106 Å². The van der Waals surface area contributed by atoms with Crippen LogP contribution in [0.3, 0.4) is 0 Å². The van der Waals surface area contributed by atoms with E-state index in [2.05, 4.69) is 38.2 Å². The molecule has 0 radical (unpaired) electrons. The summed E-state index contributed by atoms with van der Waals surface area (Å²) >= 11 is 0. The Kier molecular flexibility index (Phi) is 9.09. The van der Waals surface area contributed by atoms with E-state index in [4.69, 9.17) is 4.74 Å². The van der Waals surface area contributed by atoms with Gasteiger partial charge in [-0.25, -0.2) is 0 Å². The van der Waals surface area contributed by atoms with E-state index < -0.39 is 0 Å². The third-order valence-electron chi connectivity index (χ3n) is 2.64. The number of rotatable bonds is 9. The number of hydrogen-bond acceptors (Lipinski definition) is 4. The van der Waals surface area contributed by atoms with Crippen LogP contribution in [0, 0.1) is 0 Å². The van der Waals surface area contributed by atoms with Gasteiger partial charge in [-0.2, -0.15) is 0 Å². The molecule has 4 nitrogen and oxygen atoms in total. The molecule has 0 aromatic carbocycles. The van der Waals surface area contributed by atoms with Crippen LogP contribution in [0.15, 0.2) is 0 Å². The molecule has 17 heavy (non-hydrogen) atoms. The molecular weight excluding hydrogens is 216 g/mol. The molecule has 0 rings (SSSR count). The molecule has 0 amide bonds. The lowest BCUT2D eigenvalue weighted by Crippen LogP contribution is -2.43. The van der Waals surface area contributed by atoms with E-state index in [1.165, 1.54) is 0 Å². The summed E-state index contributed by atoms with van der Waals surface area (Å²) in [4.78, 5) is 13.9. The molecule has 0 spiro atoms. The van der Waals surface area contributed by atoms with Crippen molar-refractivity contribution in [1.29, 1.82) is 0 Å². The molecular formula is C13H28N2O2. The number of nitrogens with one attached hydrogen (secondary N) is 1. The molecule has 102 valence electrons. The summed E-state index contributed by atoms with van der Waals surface area (Å²) in [6.45, 7) is 7.52. The average molecular weight is 244 g/mol. The third kappa shape index (κ3) is 8.16. The molecule has 4 heteroatoms. The van der Waals surface area contributed by atoms with Gasteiger partial charge in [0.05, 0.1) is 6.61 Å². The van der Waals surface area contributed by atoms with E-state index in [9.17, 15) is 4.79 Å². The highest BCUT2D eigenvalue weighted by Crippen LogP contribution is 2.03. The Morgan fingerprint density at radius 3 is 2.41 bits per heavy atom. The maximum atomic E-state index is 11.7. The van der Waals surface area contributed by atoms with Crippen LogP contribution >= 0.6 is 0 Å². The topological polar surface area (TPSA) is 41.6 Å². The maximum Gasteiger partial charge on any atom is 0.323 e. The van der Waals surface area contributed by atoms with Crippen LogP contribution in [-0.4, -0.2) is 50.2 Å². The Balaban J connectivity index is 4.09. The second kappa shape index (κ2) is 9.42. The van der Waals surface area contributed by atoms with Gasteiger partial charge in [-0.1, -0.05) is 13.3 Å². The first kappa shape index (κ1) is 16.4. The van der Waals surface area contributed by atoms with E-state index in [-0.39, 0.29) is 12.0 Å². The Morgan fingerprint density at radius 2 is 1.94 bits per heavy atom. The van der Waals surface area contributed by atoms with Crippen molar-refractivity contribution >= 4 is 5.97 Å². The molecule has 0 heterocycles. The van der Waals surface area contributed by atoms with Crippen LogP contribution in [0.25, 0.3) is 0 Å². The summed E-state index contributed by atoms with van der Waals surface area (Å²) in [5.41, 5.74) is 0. The predicted octanol–water partition coefficient (Wildman–Crippen LogP) is 1.65. The first-order valence-electron chi connectivity index (χ1n) is 6.58. The average Bonchev–Trinajstić information content (AvgIpc) is 2.26. The van der Waals surface area contributed by atoms with Gasteiger partial charge in [-0.15, -0.1) is 0 Å². The molecule has 0 aliphatic carbocycles. The zero-order valence-electron chi connectivity index (χ0n) is 12.0. The standard InChI is InChI=1S/C13H28N2O2/c1-6-8-12(13(16)17-7-2)14-11(3)9-10-15(4)5/h11-12,14H,6-10H2,1-5H3. The third-order valence-corrected chi connectivity index (χ3v) is 2.64. The fraction of sp³-hybridized carbons (Fsp3) is 0.923. The second-order valence-corrected chi connectivity index (χ2v) is 4.75. The monoisotopic (exact) mass is 244 g/mol. The summed E-state index contributed by atoms with van der Waals surface area (Å²) in [5, 5.41) is 3.36. The number of carbonyl (C=O) groups excluding carboxylic acids is 1. The lowest BCUT2D eigenvalue weighted by Gasteiger charge is -2.22. The number of ether oxygens (including phenoxy) is 1. The zero-order valence-corrected chi connectivity index (χ0v) is 12.0. The van der Waals surface area contributed by atoms with Gasteiger partial charge >= 0.3 is 5.97 Å². The van der Waals surface area contributed by atoms with Gasteiger partial charge < -0.3 is 15.0 Å². The molecule has 0 fully saturated rings. The minimum atomic E-state index is -0.155. The van der Waals surface area contributed by atoms with Gasteiger partial charge in [0.2, 0.25) is 0 Å². The molecule has 0 aromatic heterocycles. The smallest absolute Gasteiger partial charge is 0.323 e. The first-order chi connectivity index (χ1) is 8.01. The predicted molar refractivity (Wildman–Crippen MR) is 71.1 cm³/mol. The first-order valence-corrected chi connectivity index (χ1v) is 6.58. The van der Waals surface area contributed by atoms with Crippen molar-refractivity contribution in [3.8, 4) is 0 Å². The van der Waals surface area contributed by atoms with Gasteiger partial charge in [-0.3, -0.25) is 4.79 Å². The van der Waals surface area contributed by atoms with Crippen molar-refractivity contribution < 1.29 is 9.53 Å². The SMILES string of the molecule is CCCC(NC(C)CCN(C)C)C(=O)OCC. The summed E-state index contributed by atoms with van der Waals surface area (Å²) in [7, 11) is 4.11. The highest BCUT2D eigenvalue weighted by Gasteiger charge is 2.20. The summed E-state index contributed by atoms with van der Waals surface area (Å²) < 4.78 is 5.07. The second-order valence-electron chi connectivity index (χ2n) is 4.75. The fourth-order valence-electron chi connectivity index (χ4n) is 1.68. The van der Waals surface area contributed by atoms with Crippen molar-refractivity contribution in [1.82, 2.24) is 10.2 Å². The van der Waals surface area contributed by atoms with E-state index in [1.54, 1.807) is 0 Å². The summed E-state index contributed by atoms with van der Waals surface area (Å²) in [5.74, 6) is -0.119. The number of nitrogens with zero attached hydrogens (tertiary/aromatic N) is 1.